The Balaban J connectivity index is 1.97. The lowest BCUT2D eigenvalue weighted by molar-refractivity contribution is -0.904. The lowest BCUT2D eigenvalue weighted by Crippen LogP contribution is -3.15. The van der Waals surface area contributed by atoms with Crippen molar-refractivity contribution in [2.45, 2.75) is 20.3 Å². The van der Waals surface area contributed by atoms with Gasteiger partial charge in [-0.05, 0) is 18.6 Å². The summed E-state index contributed by atoms with van der Waals surface area (Å²) in [6.07, 6.45) is 1.24. The van der Waals surface area contributed by atoms with Crippen molar-refractivity contribution in [1.29, 1.82) is 0 Å². The fourth-order valence-corrected chi connectivity index (χ4v) is 3.70. The molecule has 1 aromatic carbocycles. The second-order valence-corrected chi connectivity index (χ2v) is 7.30. The van der Waals surface area contributed by atoms with Gasteiger partial charge in [-0.15, -0.1) is 0 Å². The molecule has 0 radical (unpaired) electrons. The minimum absolute atomic E-state index is 0.0495. The molecule has 1 heterocycles. The number of amides is 1. The van der Waals surface area contributed by atoms with Gasteiger partial charge in [0.1, 0.15) is 0 Å². The van der Waals surface area contributed by atoms with Crippen molar-refractivity contribution in [2.75, 3.05) is 25.0 Å². The maximum absolute atomic E-state index is 12.2. The Morgan fingerprint density at radius 2 is 1.71 bits per heavy atom. The van der Waals surface area contributed by atoms with Gasteiger partial charge in [0.2, 0.25) is 0 Å². The zero-order valence-electron chi connectivity index (χ0n) is 12.2. The molecule has 0 aliphatic carbocycles. The number of halogens is 3. The van der Waals surface area contributed by atoms with Crippen molar-refractivity contribution in [3.63, 3.8) is 0 Å². The lowest BCUT2D eigenvalue weighted by Gasteiger charge is -2.31. The second-order valence-electron chi connectivity index (χ2n) is 6.08. The number of piperidine rings is 1. The van der Waals surface area contributed by atoms with Gasteiger partial charge in [0.05, 0.1) is 33.8 Å². The zero-order valence-corrected chi connectivity index (χ0v) is 14.4. The molecule has 2 rings (SSSR count). The van der Waals surface area contributed by atoms with Crippen LogP contribution in [0.4, 0.5) is 5.69 Å². The normalized spacial score (nSPS) is 25.7. The summed E-state index contributed by atoms with van der Waals surface area (Å²) in [6.45, 7) is 7.00. The highest BCUT2D eigenvalue weighted by Gasteiger charge is 2.26. The van der Waals surface area contributed by atoms with Crippen LogP contribution in [-0.2, 0) is 4.79 Å². The number of carbonyl (C=O) groups is 1. The van der Waals surface area contributed by atoms with E-state index in [9.17, 15) is 4.79 Å². The maximum Gasteiger partial charge on any atom is 0.279 e. The molecule has 0 spiro atoms. The van der Waals surface area contributed by atoms with Crippen LogP contribution in [0.5, 0.6) is 0 Å². The van der Waals surface area contributed by atoms with Crippen LogP contribution in [-0.4, -0.2) is 25.5 Å². The van der Waals surface area contributed by atoms with Gasteiger partial charge in [0, 0.05) is 11.8 Å². The third-order valence-electron chi connectivity index (χ3n) is 3.77. The van der Waals surface area contributed by atoms with Crippen molar-refractivity contribution < 1.29 is 9.69 Å². The number of nitrogens with one attached hydrogen (secondary N) is 2. The largest absolute Gasteiger partial charge is 0.327 e. The Labute approximate surface area is 140 Å². The standard InChI is InChI=1S/C15H19Cl3N2O/c1-9-3-10(2)7-20(6-9)8-15(21)19-14-5-12(17)11(16)4-13(14)18/h4-5,9-10H,3,6-8H2,1-2H3,(H,19,21)/p+1/t9-,10-/m0/s1. The first kappa shape index (κ1) is 16.9. The number of rotatable bonds is 3. The first-order valence-electron chi connectivity index (χ1n) is 7.13. The van der Waals surface area contributed by atoms with Crippen LogP contribution in [0.15, 0.2) is 12.1 Å². The molecule has 0 bridgehead atoms. The van der Waals surface area contributed by atoms with E-state index in [1.54, 1.807) is 12.1 Å². The quantitative estimate of drug-likeness (QED) is 0.807. The Morgan fingerprint density at radius 1 is 1.14 bits per heavy atom. The highest BCUT2D eigenvalue weighted by Crippen LogP contribution is 2.32. The lowest BCUT2D eigenvalue weighted by atomic mass is 9.92. The minimum Gasteiger partial charge on any atom is -0.327 e. The molecule has 2 atom stereocenters. The van der Waals surface area contributed by atoms with Gasteiger partial charge in [0.25, 0.3) is 5.91 Å². The zero-order chi connectivity index (χ0) is 15.6. The summed E-state index contributed by atoms with van der Waals surface area (Å²) in [5, 5.41) is 3.97. The van der Waals surface area contributed by atoms with Gasteiger partial charge < -0.3 is 10.2 Å². The van der Waals surface area contributed by atoms with Crippen molar-refractivity contribution in [2.24, 2.45) is 11.8 Å². The van der Waals surface area contributed by atoms with Gasteiger partial charge in [-0.2, -0.15) is 0 Å². The highest BCUT2D eigenvalue weighted by atomic mass is 35.5. The van der Waals surface area contributed by atoms with Crippen molar-refractivity contribution in [3.05, 3.63) is 27.2 Å². The van der Waals surface area contributed by atoms with E-state index in [-0.39, 0.29) is 5.91 Å². The summed E-state index contributed by atoms with van der Waals surface area (Å²) >= 11 is 17.9. The van der Waals surface area contributed by atoms with E-state index in [1.807, 2.05) is 0 Å². The molecule has 1 aliphatic heterocycles. The predicted octanol–water partition coefficient (Wildman–Crippen LogP) is 3.15. The summed E-state index contributed by atoms with van der Waals surface area (Å²) in [5.41, 5.74) is 0.508. The number of carbonyl (C=O) groups excluding carboxylic acids is 1. The molecule has 1 saturated heterocycles. The molecular formula is C15H20Cl3N2O+. The van der Waals surface area contributed by atoms with Gasteiger partial charge in [0.15, 0.2) is 6.54 Å². The Bertz CT molecular complexity index is 526. The molecule has 3 nitrogen and oxygen atoms in total. The van der Waals surface area contributed by atoms with Crippen molar-refractivity contribution >= 4 is 46.4 Å². The Kier molecular flexibility index (Phi) is 5.78. The van der Waals surface area contributed by atoms with E-state index in [4.69, 9.17) is 34.8 Å². The smallest absolute Gasteiger partial charge is 0.279 e. The maximum atomic E-state index is 12.2. The number of hydrogen-bond acceptors (Lipinski definition) is 1. The van der Waals surface area contributed by atoms with E-state index in [0.29, 0.717) is 39.1 Å². The predicted molar refractivity (Wildman–Crippen MR) is 88.6 cm³/mol. The van der Waals surface area contributed by atoms with Gasteiger partial charge in [-0.1, -0.05) is 48.7 Å². The molecule has 1 aromatic rings. The number of quaternary nitrogens is 1. The van der Waals surface area contributed by atoms with Crippen LogP contribution in [0, 0.1) is 11.8 Å². The summed E-state index contributed by atoms with van der Waals surface area (Å²) < 4.78 is 0. The van der Waals surface area contributed by atoms with Crippen LogP contribution in [0.25, 0.3) is 0 Å². The molecular weight excluding hydrogens is 331 g/mol. The molecule has 0 unspecified atom stereocenters. The molecule has 1 fully saturated rings. The topological polar surface area (TPSA) is 33.5 Å². The van der Waals surface area contributed by atoms with E-state index in [2.05, 4.69) is 19.2 Å². The monoisotopic (exact) mass is 349 g/mol. The minimum atomic E-state index is -0.0495. The third-order valence-corrected chi connectivity index (χ3v) is 4.81. The van der Waals surface area contributed by atoms with Gasteiger partial charge >= 0.3 is 0 Å². The Morgan fingerprint density at radius 3 is 2.33 bits per heavy atom. The average Bonchev–Trinajstić information content (AvgIpc) is 2.34. The SMILES string of the molecule is C[C@H]1C[C@H](C)C[NH+](CC(=O)Nc2cc(Cl)c(Cl)cc2Cl)C1. The fourth-order valence-electron chi connectivity index (χ4n) is 3.11. The van der Waals surface area contributed by atoms with Crippen molar-refractivity contribution in [3.8, 4) is 0 Å². The van der Waals surface area contributed by atoms with Crippen molar-refractivity contribution in [1.82, 2.24) is 0 Å². The van der Waals surface area contributed by atoms with E-state index < -0.39 is 0 Å². The van der Waals surface area contributed by atoms with Crippen LogP contribution in [0.1, 0.15) is 20.3 Å². The molecule has 0 aromatic heterocycles. The van der Waals surface area contributed by atoms with Crippen LogP contribution in [0.3, 0.4) is 0 Å². The van der Waals surface area contributed by atoms with Crippen LogP contribution >= 0.6 is 34.8 Å². The van der Waals surface area contributed by atoms with Gasteiger partial charge in [-0.25, -0.2) is 0 Å². The second kappa shape index (κ2) is 7.19. The molecule has 0 saturated carbocycles. The molecule has 21 heavy (non-hydrogen) atoms. The fraction of sp³-hybridized carbons (Fsp3) is 0.533. The molecule has 116 valence electrons. The summed E-state index contributed by atoms with van der Waals surface area (Å²) in [6, 6.07) is 3.12. The molecule has 1 aliphatic rings. The molecule has 1 amide bonds. The number of benzene rings is 1. The number of anilines is 1. The summed E-state index contributed by atoms with van der Waals surface area (Å²) in [4.78, 5) is 13.5. The van der Waals surface area contributed by atoms with E-state index >= 15 is 0 Å². The average molecular weight is 351 g/mol. The molecule has 2 N–H and O–H groups in total. The third kappa shape index (κ3) is 4.75. The first-order chi connectivity index (χ1) is 9.85. The number of hydrogen-bond donors (Lipinski definition) is 2. The van der Waals surface area contributed by atoms with Crippen LogP contribution in [0.2, 0.25) is 15.1 Å². The number of likely N-dealkylation sites (tertiary alicyclic amines) is 1. The molecule has 6 heteroatoms. The Hall–Kier alpha value is -0.480. The van der Waals surface area contributed by atoms with E-state index in [1.165, 1.54) is 11.3 Å². The van der Waals surface area contributed by atoms with Gasteiger partial charge in [-0.3, -0.25) is 4.79 Å². The van der Waals surface area contributed by atoms with E-state index in [0.717, 1.165) is 13.1 Å². The van der Waals surface area contributed by atoms with Crippen LogP contribution < -0.4 is 10.2 Å². The highest BCUT2D eigenvalue weighted by molar-refractivity contribution is 6.44. The summed E-state index contributed by atoms with van der Waals surface area (Å²) in [5.74, 6) is 1.27. The first-order valence-corrected chi connectivity index (χ1v) is 8.26. The summed E-state index contributed by atoms with van der Waals surface area (Å²) in [7, 11) is 0.